The minimum Gasteiger partial charge on any atom is -0.497 e. The molecule has 0 aromatic heterocycles. The molecule has 0 saturated heterocycles. The van der Waals surface area contributed by atoms with Crippen LogP contribution in [0.15, 0.2) is 23.3 Å². The average Bonchev–Trinajstić information content (AvgIpc) is 3.20. The Kier molecular flexibility index (Phi) is 4.28. The molecule has 2 aliphatic carbocycles. The summed E-state index contributed by atoms with van der Waals surface area (Å²) in [5.74, 6) is 2.11. The van der Waals surface area contributed by atoms with E-state index in [2.05, 4.69) is 17.5 Å². The Bertz CT molecular complexity index is 629. The normalized spacial score (nSPS) is 29.0. The summed E-state index contributed by atoms with van der Waals surface area (Å²) in [5, 5.41) is 4.12. The Labute approximate surface area is 137 Å². The fourth-order valence-corrected chi connectivity index (χ4v) is 4.03. The van der Waals surface area contributed by atoms with Gasteiger partial charge in [0.05, 0.1) is 20.4 Å². The van der Waals surface area contributed by atoms with E-state index in [9.17, 15) is 4.79 Å². The van der Waals surface area contributed by atoms with Gasteiger partial charge >= 0.3 is 0 Å². The van der Waals surface area contributed by atoms with Gasteiger partial charge in [-0.15, -0.1) is 0 Å². The van der Waals surface area contributed by atoms with Crippen LogP contribution in [0.3, 0.4) is 0 Å². The first-order valence-electron chi connectivity index (χ1n) is 8.15. The molecular weight excluding hydrogens is 292 g/mol. The van der Waals surface area contributed by atoms with Gasteiger partial charge in [0.25, 0.3) is 0 Å². The topological polar surface area (TPSA) is 59.9 Å². The van der Waals surface area contributed by atoms with E-state index in [0.717, 1.165) is 17.7 Å². The van der Waals surface area contributed by atoms with Gasteiger partial charge in [0.1, 0.15) is 11.5 Å². The molecule has 3 atom stereocenters. The lowest BCUT2D eigenvalue weighted by molar-refractivity contribution is -0.123. The number of hydrogen-bond acceptors (Lipinski definition) is 4. The summed E-state index contributed by atoms with van der Waals surface area (Å²) in [5.41, 5.74) is 3.67. The zero-order valence-corrected chi connectivity index (χ0v) is 14.0. The molecule has 1 aromatic carbocycles. The SMILES string of the molecule is COc1ccc(OC)c(/C=N/NC(=O)[C@@H]2[C@@H]3CCCC[C@]23C)c1. The minimum atomic E-state index is 0.0394. The highest BCUT2D eigenvalue weighted by molar-refractivity contribution is 5.87. The first-order valence-corrected chi connectivity index (χ1v) is 8.15. The monoisotopic (exact) mass is 316 g/mol. The Morgan fingerprint density at radius 3 is 2.83 bits per heavy atom. The van der Waals surface area contributed by atoms with Gasteiger partial charge < -0.3 is 9.47 Å². The fraction of sp³-hybridized carbons (Fsp3) is 0.556. The Balaban J connectivity index is 1.64. The molecule has 0 unspecified atom stereocenters. The molecule has 2 fully saturated rings. The van der Waals surface area contributed by atoms with Gasteiger partial charge in [-0.05, 0) is 42.4 Å². The molecule has 2 aliphatic rings. The number of rotatable bonds is 5. The zero-order valence-electron chi connectivity index (χ0n) is 14.0. The standard InChI is InChI=1S/C18H24N2O3/c1-18-9-5-4-6-14(18)16(18)17(21)20-19-11-12-10-13(22-2)7-8-15(12)23-3/h7-8,10-11,14,16H,4-6,9H2,1-3H3,(H,20,21)/b19-11+/t14-,16-,18-/m0/s1. The van der Waals surface area contributed by atoms with Crippen LogP contribution in [0.4, 0.5) is 0 Å². The van der Waals surface area contributed by atoms with Crippen molar-refractivity contribution in [3.05, 3.63) is 23.8 Å². The van der Waals surface area contributed by atoms with Crippen molar-refractivity contribution in [3.63, 3.8) is 0 Å². The second-order valence-electron chi connectivity index (χ2n) is 6.68. The third-order valence-electron chi connectivity index (χ3n) is 5.43. The van der Waals surface area contributed by atoms with Crippen LogP contribution in [0.1, 0.15) is 38.2 Å². The highest BCUT2D eigenvalue weighted by Crippen LogP contribution is 2.66. The third kappa shape index (κ3) is 2.92. The first kappa shape index (κ1) is 15.8. The number of ether oxygens (including phenoxy) is 2. The van der Waals surface area contributed by atoms with Crippen LogP contribution in [0, 0.1) is 17.3 Å². The lowest BCUT2D eigenvalue weighted by Gasteiger charge is -2.15. The van der Waals surface area contributed by atoms with Crippen molar-refractivity contribution in [1.29, 1.82) is 0 Å². The molecule has 1 N–H and O–H groups in total. The molecule has 3 rings (SSSR count). The molecule has 1 aromatic rings. The molecule has 0 aliphatic heterocycles. The Hall–Kier alpha value is -2.04. The van der Waals surface area contributed by atoms with Gasteiger partial charge in [-0.25, -0.2) is 5.43 Å². The summed E-state index contributed by atoms with van der Waals surface area (Å²) >= 11 is 0. The van der Waals surface area contributed by atoms with Gasteiger partial charge in [-0.2, -0.15) is 5.10 Å². The van der Waals surface area contributed by atoms with Gasteiger partial charge in [0, 0.05) is 11.5 Å². The van der Waals surface area contributed by atoms with Gasteiger partial charge in [0.15, 0.2) is 0 Å². The largest absolute Gasteiger partial charge is 0.497 e. The van der Waals surface area contributed by atoms with E-state index in [-0.39, 0.29) is 17.2 Å². The van der Waals surface area contributed by atoms with Crippen LogP contribution in [0.5, 0.6) is 11.5 Å². The maximum absolute atomic E-state index is 12.4. The van der Waals surface area contributed by atoms with Gasteiger partial charge in [0.2, 0.25) is 5.91 Å². The average molecular weight is 316 g/mol. The second kappa shape index (κ2) is 6.22. The number of nitrogens with zero attached hydrogens (tertiary/aromatic N) is 1. The molecule has 0 spiro atoms. The zero-order chi connectivity index (χ0) is 16.4. The molecule has 5 heteroatoms. The number of methoxy groups -OCH3 is 2. The van der Waals surface area contributed by atoms with Crippen LogP contribution in [0.2, 0.25) is 0 Å². The summed E-state index contributed by atoms with van der Waals surface area (Å²) in [6.45, 7) is 2.23. The van der Waals surface area contributed by atoms with Gasteiger partial charge in [-0.3, -0.25) is 4.79 Å². The van der Waals surface area contributed by atoms with Crippen molar-refractivity contribution in [1.82, 2.24) is 5.43 Å². The lowest BCUT2D eigenvalue weighted by Crippen LogP contribution is -2.22. The van der Waals surface area contributed by atoms with E-state index in [4.69, 9.17) is 9.47 Å². The van der Waals surface area contributed by atoms with E-state index in [1.54, 1.807) is 20.4 Å². The number of nitrogens with one attached hydrogen (secondary N) is 1. The molecule has 23 heavy (non-hydrogen) atoms. The number of fused-ring (bicyclic) bond motifs is 1. The van der Waals surface area contributed by atoms with Gasteiger partial charge in [-0.1, -0.05) is 19.8 Å². The maximum atomic E-state index is 12.4. The molecule has 0 radical (unpaired) electrons. The van der Waals surface area contributed by atoms with E-state index in [1.807, 2.05) is 18.2 Å². The summed E-state index contributed by atoms with van der Waals surface area (Å²) < 4.78 is 10.5. The predicted molar refractivity (Wildman–Crippen MR) is 88.8 cm³/mol. The number of carbonyl (C=O) groups is 1. The molecular formula is C18H24N2O3. The van der Waals surface area contributed by atoms with Crippen LogP contribution >= 0.6 is 0 Å². The van der Waals surface area contributed by atoms with Crippen molar-refractivity contribution in [3.8, 4) is 11.5 Å². The second-order valence-corrected chi connectivity index (χ2v) is 6.68. The summed E-state index contributed by atoms with van der Waals surface area (Å²) in [6, 6.07) is 5.47. The number of benzene rings is 1. The van der Waals surface area contributed by atoms with Crippen LogP contribution in [-0.2, 0) is 4.79 Å². The molecule has 5 nitrogen and oxygen atoms in total. The molecule has 124 valence electrons. The minimum absolute atomic E-state index is 0.0394. The number of hydrogen-bond donors (Lipinski definition) is 1. The van der Waals surface area contributed by atoms with Crippen LogP contribution in [0.25, 0.3) is 0 Å². The van der Waals surface area contributed by atoms with Crippen molar-refractivity contribution < 1.29 is 14.3 Å². The van der Waals surface area contributed by atoms with E-state index in [1.165, 1.54) is 19.3 Å². The van der Waals surface area contributed by atoms with Crippen molar-refractivity contribution in [2.45, 2.75) is 32.6 Å². The van der Waals surface area contributed by atoms with Crippen LogP contribution < -0.4 is 14.9 Å². The van der Waals surface area contributed by atoms with E-state index in [0.29, 0.717) is 11.7 Å². The predicted octanol–water partition coefficient (Wildman–Crippen LogP) is 2.98. The number of amides is 1. The highest BCUT2D eigenvalue weighted by Gasteiger charge is 2.64. The lowest BCUT2D eigenvalue weighted by atomic mass is 9.90. The van der Waals surface area contributed by atoms with Crippen molar-refractivity contribution in [2.75, 3.05) is 14.2 Å². The fourth-order valence-electron chi connectivity index (χ4n) is 4.03. The molecule has 0 bridgehead atoms. The summed E-state index contributed by atoms with van der Waals surface area (Å²) in [6.07, 6.45) is 6.41. The van der Waals surface area contributed by atoms with Crippen LogP contribution in [-0.4, -0.2) is 26.3 Å². The third-order valence-corrected chi connectivity index (χ3v) is 5.43. The number of hydrazone groups is 1. The highest BCUT2D eigenvalue weighted by atomic mass is 16.5. The molecule has 0 heterocycles. The quantitative estimate of drug-likeness (QED) is 0.671. The molecule has 2 saturated carbocycles. The Morgan fingerprint density at radius 2 is 2.17 bits per heavy atom. The summed E-state index contributed by atoms with van der Waals surface area (Å²) in [7, 11) is 3.22. The first-order chi connectivity index (χ1) is 11.1. The maximum Gasteiger partial charge on any atom is 0.244 e. The summed E-state index contributed by atoms with van der Waals surface area (Å²) in [4.78, 5) is 12.4. The van der Waals surface area contributed by atoms with Crippen molar-refractivity contribution >= 4 is 12.1 Å². The molecule has 1 amide bonds. The van der Waals surface area contributed by atoms with E-state index >= 15 is 0 Å². The van der Waals surface area contributed by atoms with Crippen molar-refractivity contribution in [2.24, 2.45) is 22.4 Å². The number of carbonyl (C=O) groups excluding carboxylic acids is 1. The van der Waals surface area contributed by atoms with E-state index < -0.39 is 0 Å². The smallest absolute Gasteiger partial charge is 0.244 e. The Morgan fingerprint density at radius 1 is 1.35 bits per heavy atom.